The lowest BCUT2D eigenvalue weighted by atomic mass is 10.0. The molecule has 0 aliphatic rings. The molecule has 1 heterocycles. The van der Waals surface area contributed by atoms with Gasteiger partial charge in [-0.2, -0.15) is 0 Å². The molecule has 5 heteroatoms. The summed E-state index contributed by atoms with van der Waals surface area (Å²) in [6.07, 6.45) is 0. The molecule has 2 aromatic carbocycles. The van der Waals surface area contributed by atoms with Gasteiger partial charge in [-0.05, 0) is 36.1 Å². The van der Waals surface area contributed by atoms with E-state index in [1.807, 2.05) is 54.8 Å². The Morgan fingerprint density at radius 1 is 1.04 bits per heavy atom. The smallest absolute Gasteiger partial charge is 0.241 e. The molecule has 0 saturated carbocycles. The number of nitrogens with one attached hydrogen (secondary N) is 2. The Morgan fingerprint density at radius 2 is 1.85 bits per heavy atom. The minimum Gasteiger partial charge on any atom is -0.497 e. The summed E-state index contributed by atoms with van der Waals surface area (Å²) in [6.45, 7) is 1.87. The van der Waals surface area contributed by atoms with Crippen LogP contribution in [0.1, 0.15) is 23.4 Å². The lowest BCUT2D eigenvalue weighted by molar-refractivity contribution is -0.117. The number of amides is 1. The number of benzene rings is 2. The number of hydrogen-bond acceptors (Lipinski definition) is 4. The van der Waals surface area contributed by atoms with Crippen molar-refractivity contribution in [2.75, 3.05) is 12.4 Å². The average Bonchev–Trinajstić information content (AvgIpc) is 3.21. The van der Waals surface area contributed by atoms with E-state index in [1.165, 1.54) is 4.88 Å². The Kier molecular flexibility index (Phi) is 6.04. The lowest BCUT2D eigenvalue weighted by Gasteiger charge is -2.22. The highest BCUT2D eigenvalue weighted by atomic mass is 32.1. The molecule has 0 aliphatic carbocycles. The van der Waals surface area contributed by atoms with Crippen molar-refractivity contribution in [3.05, 3.63) is 82.6 Å². The molecule has 26 heavy (non-hydrogen) atoms. The molecular weight excluding hydrogens is 344 g/mol. The van der Waals surface area contributed by atoms with E-state index in [4.69, 9.17) is 4.74 Å². The van der Waals surface area contributed by atoms with Crippen LogP contribution in [0, 0.1) is 0 Å². The maximum absolute atomic E-state index is 12.6. The summed E-state index contributed by atoms with van der Waals surface area (Å²) in [7, 11) is 1.61. The highest BCUT2D eigenvalue weighted by molar-refractivity contribution is 7.10. The van der Waals surface area contributed by atoms with Gasteiger partial charge in [0.05, 0.1) is 19.2 Å². The fourth-order valence-electron chi connectivity index (χ4n) is 2.72. The van der Waals surface area contributed by atoms with E-state index in [1.54, 1.807) is 24.5 Å². The van der Waals surface area contributed by atoms with Crippen LogP contribution in [0.4, 0.5) is 5.69 Å². The van der Waals surface area contributed by atoms with Gasteiger partial charge in [0, 0.05) is 16.6 Å². The summed E-state index contributed by atoms with van der Waals surface area (Å²) < 4.78 is 5.20. The third-order valence-electron chi connectivity index (χ3n) is 4.11. The van der Waals surface area contributed by atoms with Gasteiger partial charge < -0.3 is 10.1 Å². The third kappa shape index (κ3) is 4.50. The molecule has 4 nitrogen and oxygen atoms in total. The quantitative estimate of drug-likeness (QED) is 0.649. The van der Waals surface area contributed by atoms with Crippen molar-refractivity contribution in [3.8, 4) is 5.75 Å². The van der Waals surface area contributed by atoms with E-state index in [0.717, 1.165) is 11.3 Å². The Morgan fingerprint density at radius 3 is 2.54 bits per heavy atom. The zero-order valence-electron chi connectivity index (χ0n) is 14.8. The van der Waals surface area contributed by atoms with Crippen molar-refractivity contribution in [2.45, 2.75) is 19.0 Å². The number of anilines is 1. The third-order valence-corrected chi connectivity index (χ3v) is 5.05. The zero-order chi connectivity index (χ0) is 18.4. The Hall–Kier alpha value is -2.63. The highest BCUT2D eigenvalue weighted by Gasteiger charge is 2.21. The minimum atomic E-state index is -0.367. The summed E-state index contributed by atoms with van der Waals surface area (Å²) in [6, 6.07) is 21.2. The lowest BCUT2D eigenvalue weighted by Crippen LogP contribution is -2.40. The number of carbonyl (C=O) groups excluding carboxylic acids is 1. The number of thiophene rings is 1. The van der Waals surface area contributed by atoms with Gasteiger partial charge in [-0.15, -0.1) is 11.3 Å². The molecule has 0 radical (unpaired) electrons. The molecule has 0 spiro atoms. The maximum Gasteiger partial charge on any atom is 0.241 e. The normalized spacial score (nSPS) is 13.0. The molecule has 0 unspecified atom stereocenters. The predicted octanol–water partition coefficient (Wildman–Crippen LogP) is 4.46. The molecule has 1 amide bonds. The van der Waals surface area contributed by atoms with Gasteiger partial charge >= 0.3 is 0 Å². The van der Waals surface area contributed by atoms with Crippen molar-refractivity contribution < 1.29 is 9.53 Å². The fraction of sp³-hybridized carbons (Fsp3) is 0.190. The summed E-state index contributed by atoms with van der Waals surface area (Å²) in [5.41, 5.74) is 1.85. The van der Waals surface area contributed by atoms with Crippen molar-refractivity contribution >= 4 is 22.9 Å². The van der Waals surface area contributed by atoms with E-state index < -0.39 is 0 Å². The molecule has 2 N–H and O–H groups in total. The van der Waals surface area contributed by atoms with E-state index in [0.29, 0.717) is 5.75 Å². The van der Waals surface area contributed by atoms with E-state index in [2.05, 4.69) is 28.8 Å². The van der Waals surface area contributed by atoms with Crippen LogP contribution in [0.2, 0.25) is 0 Å². The molecule has 0 saturated heterocycles. The number of methoxy groups -OCH3 is 1. The second kappa shape index (κ2) is 8.65. The summed E-state index contributed by atoms with van der Waals surface area (Å²) in [4.78, 5) is 13.8. The number of ether oxygens (including phenoxy) is 1. The first kappa shape index (κ1) is 18.2. The molecular formula is C21H22N2O2S. The topological polar surface area (TPSA) is 50.4 Å². The first-order valence-corrected chi connectivity index (χ1v) is 9.34. The van der Waals surface area contributed by atoms with Gasteiger partial charge in [0.2, 0.25) is 5.91 Å². The fourth-order valence-corrected chi connectivity index (χ4v) is 3.53. The maximum atomic E-state index is 12.6. The van der Waals surface area contributed by atoms with Crippen LogP contribution >= 0.6 is 11.3 Å². The van der Waals surface area contributed by atoms with Crippen molar-refractivity contribution in [3.63, 3.8) is 0 Å². The molecule has 0 aliphatic heterocycles. The standard InChI is InChI=1S/C21H22N2O2S/c1-15(21(24)23-17-10-6-11-18(14-17)25-2)22-20(19-12-7-13-26-19)16-8-4-3-5-9-16/h3-15,20,22H,1-2H3,(H,23,24)/t15-,20+/m0/s1. The van der Waals surface area contributed by atoms with Crippen LogP contribution in [0.3, 0.4) is 0 Å². The highest BCUT2D eigenvalue weighted by Crippen LogP contribution is 2.26. The molecule has 0 bridgehead atoms. The number of carbonyl (C=O) groups is 1. The van der Waals surface area contributed by atoms with Crippen molar-refractivity contribution in [1.82, 2.24) is 5.32 Å². The van der Waals surface area contributed by atoms with Crippen LogP contribution in [-0.2, 0) is 4.79 Å². The molecule has 3 rings (SSSR count). The predicted molar refractivity (Wildman–Crippen MR) is 107 cm³/mol. The van der Waals surface area contributed by atoms with Gasteiger partial charge in [-0.3, -0.25) is 10.1 Å². The summed E-state index contributed by atoms with van der Waals surface area (Å²) in [5.74, 6) is 0.625. The van der Waals surface area contributed by atoms with Crippen LogP contribution in [0.15, 0.2) is 72.1 Å². The summed E-state index contributed by atoms with van der Waals surface area (Å²) in [5, 5.41) is 8.44. The molecule has 2 atom stereocenters. The monoisotopic (exact) mass is 366 g/mol. The molecule has 1 aromatic heterocycles. The Balaban J connectivity index is 1.73. The zero-order valence-corrected chi connectivity index (χ0v) is 15.6. The van der Waals surface area contributed by atoms with E-state index in [9.17, 15) is 4.79 Å². The van der Waals surface area contributed by atoms with Crippen LogP contribution in [0.25, 0.3) is 0 Å². The summed E-state index contributed by atoms with van der Waals surface area (Å²) >= 11 is 1.68. The first-order chi connectivity index (χ1) is 12.7. The Bertz CT molecular complexity index is 834. The van der Waals surface area contributed by atoms with Gasteiger partial charge in [-0.25, -0.2) is 0 Å². The van der Waals surface area contributed by atoms with Crippen LogP contribution < -0.4 is 15.4 Å². The SMILES string of the molecule is COc1cccc(NC(=O)[C@H](C)N[C@H](c2ccccc2)c2cccs2)c1. The average molecular weight is 366 g/mol. The van der Waals surface area contributed by atoms with E-state index >= 15 is 0 Å². The van der Waals surface area contributed by atoms with Gasteiger partial charge in [-0.1, -0.05) is 42.5 Å². The molecule has 0 fully saturated rings. The second-order valence-corrected chi connectivity index (χ2v) is 6.95. The second-order valence-electron chi connectivity index (χ2n) is 5.97. The molecule has 3 aromatic rings. The van der Waals surface area contributed by atoms with Gasteiger partial charge in [0.25, 0.3) is 0 Å². The van der Waals surface area contributed by atoms with E-state index in [-0.39, 0.29) is 18.0 Å². The van der Waals surface area contributed by atoms with Crippen LogP contribution in [0.5, 0.6) is 5.75 Å². The minimum absolute atomic E-state index is 0.0257. The molecule has 134 valence electrons. The van der Waals surface area contributed by atoms with Crippen molar-refractivity contribution in [2.24, 2.45) is 0 Å². The first-order valence-electron chi connectivity index (χ1n) is 8.46. The number of rotatable bonds is 7. The number of hydrogen-bond donors (Lipinski definition) is 2. The van der Waals surface area contributed by atoms with Crippen molar-refractivity contribution in [1.29, 1.82) is 0 Å². The van der Waals surface area contributed by atoms with Crippen LogP contribution in [-0.4, -0.2) is 19.1 Å². The van der Waals surface area contributed by atoms with Gasteiger partial charge in [0.15, 0.2) is 0 Å². The largest absolute Gasteiger partial charge is 0.497 e. The Labute approximate surface area is 157 Å². The van der Waals surface area contributed by atoms with Gasteiger partial charge in [0.1, 0.15) is 5.75 Å².